The van der Waals surface area contributed by atoms with Gasteiger partial charge in [-0.05, 0) is 23.1 Å². The molecule has 0 bridgehead atoms. The number of epoxide rings is 1. The number of ether oxygens (including phenoxy) is 1. The SMILES string of the molecule is C=C(CO)[C@@]12O[C@@H]1[C@@]1(C)C(=C[C@H]2O)C=C[C@@H](O)[C@@H]1C. The Labute approximate surface area is 112 Å². The van der Waals surface area contributed by atoms with E-state index >= 15 is 0 Å². The van der Waals surface area contributed by atoms with Crippen molar-refractivity contribution in [1.82, 2.24) is 0 Å². The van der Waals surface area contributed by atoms with Crippen LogP contribution >= 0.6 is 0 Å². The third kappa shape index (κ3) is 1.37. The predicted molar refractivity (Wildman–Crippen MR) is 70.3 cm³/mol. The highest BCUT2D eigenvalue weighted by molar-refractivity contribution is 5.48. The molecule has 4 nitrogen and oxygen atoms in total. The van der Waals surface area contributed by atoms with Crippen LogP contribution in [0.1, 0.15) is 13.8 Å². The molecule has 0 aromatic heterocycles. The molecule has 1 saturated heterocycles. The second kappa shape index (κ2) is 3.79. The van der Waals surface area contributed by atoms with E-state index in [2.05, 4.69) is 6.58 Å². The van der Waals surface area contributed by atoms with Crippen molar-refractivity contribution in [2.24, 2.45) is 11.3 Å². The fourth-order valence-corrected chi connectivity index (χ4v) is 3.64. The topological polar surface area (TPSA) is 73.2 Å². The molecule has 3 rings (SSSR count). The second-order valence-electron chi connectivity index (χ2n) is 6.04. The van der Waals surface area contributed by atoms with Crippen LogP contribution < -0.4 is 0 Å². The molecule has 1 aliphatic heterocycles. The first-order chi connectivity index (χ1) is 8.88. The van der Waals surface area contributed by atoms with Gasteiger partial charge in [0.25, 0.3) is 0 Å². The van der Waals surface area contributed by atoms with Gasteiger partial charge in [0, 0.05) is 5.41 Å². The Kier molecular flexibility index (Phi) is 2.61. The molecular formula is C15H20O4. The lowest BCUT2D eigenvalue weighted by Crippen LogP contribution is -2.50. The van der Waals surface area contributed by atoms with Gasteiger partial charge in [-0.15, -0.1) is 0 Å². The summed E-state index contributed by atoms with van der Waals surface area (Å²) in [4.78, 5) is 0. The summed E-state index contributed by atoms with van der Waals surface area (Å²) in [6.45, 7) is 7.64. The zero-order chi connectivity index (χ0) is 14.0. The number of allylic oxidation sites excluding steroid dienone is 1. The van der Waals surface area contributed by atoms with Crippen molar-refractivity contribution in [2.75, 3.05) is 6.61 Å². The molecule has 0 aromatic rings. The molecule has 0 unspecified atom stereocenters. The maximum atomic E-state index is 10.3. The highest BCUT2D eigenvalue weighted by Crippen LogP contribution is 2.63. The van der Waals surface area contributed by atoms with E-state index in [1.807, 2.05) is 19.9 Å². The van der Waals surface area contributed by atoms with Gasteiger partial charge in [0.05, 0.1) is 12.7 Å². The normalized spacial score (nSPS) is 51.1. The first kappa shape index (κ1) is 13.1. The number of aliphatic hydroxyl groups is 3. The van der Waals surface area contributed by atoms with Crippen LogP contribution in [0.4, 0.5) is 0 Å². The summed E-state index contributed by atoms with van der Waals surface area (Å²) < 4.78 is 5.82. The number of aliphatic hydroxyl groups excluding tert-OH is 3. The number of hydrogen-bond acceptors (Lipinski definition) is 4. The first-order valence-electron chi connectivity index (χ1n) is 6.62. The second-order valence-corrected chi connectivity index (χ2v) is 6.04. The molecule has 104 valence electrons. The zero-order valence-electron chi connectivity index (χ0n) is 11.2. The minimum atomic E-state index is -0.883. The largest absolute Gasteiger partial charge is 0.392 e. The quantitative estimate of drug-likeness (QED) is 0.503. The van der Waals surface area contributed by atoms with E-state index in [0.29, 0.717) is 5.57 Å². The Balaban J connectivity index is 2.09. The van der Waals surface area contributed by atoms with Crippen LogP contribution in [0, 0.1) is 11.3 Å². The maximum Gasteiger partial charge on any atom is 0.148 e. The van der Waals surface area contributed by atoms with Crippen molar-refractivity contribution < 1.29 is 20.1 Å². The number of fused-ring (bicyclic) bond motifs is 3. The van der Waals surface area contributed by atoms with E-state index in [0.717, 1.165) is 5.57 Å². The van der Waals surface area contributed by atoms with Crippen LogP contribution in [-0.2, 0) is 4.74 Å². The predicted octanol–water partition coefficient (Wildman–Crippen LogP) is 0.546. The average molecular weight is 264 g/mol. The summed E-state index contributed by atoms with van der Waals surface area (Å²) in [7, 11) is 0. The highest BCUT2D eigenvalue weighted by Gasteiger charge is 2.73. The van der Waals surface area contributed by atoms with E-state index in [1.54, 1.807) is 12.2 Å². The molecule has 0 aromatic carbocycles. The third-order valence-electron chi connectivity index (χ3n) is 5.26. The molecule has 19 heavy (non-hydrogen) atoms. The van der Waals surface area contributed by atoms with Crippen LogP contribution in [0.15, 0.2) is 36.0 Å². The lowest BCUT2D eigenvalue weighted by molar-refractivity contribution is 0.0605. The van der Waals surface area contributed by atoms with Gasteiger partial charge in [-0.1, -0.05) is 32.6 Å². The summed E-state index contributed by atoms with van der Waals surface area (Å²) in [5, 5.41) is 29.7. The Bertz CT molecular complexity index is 494. The van der Waals surface area contributed by atoms with Gasteiger partial charge in [0.1, 0.15) is 17.8 Å². The van der Waals surface area contributed by atoms with Gasteiger partial charge in [-0.25, -0.2) is 0 Å². The molecule has 4 heteroatoms. The van der Waals surface area contributed by atoms with Gasteiger partial charge in [0.15, 0.2) is 0 Å². The maximum absolute atomic E-state index is 10.3. The molecule has 0 saturated carbocycles. The van der Waals surface area contributed by atoms with Gasteiger partial charge in [-0.2, -0.15) is 0 Å². The van der Waals surface area contributed by atoms with Crippen molar-refractivity contribution in [3.63, 3.8) is 0 Å². The molecule has 6 atom stereocenters. The Hall–Kier alpha value is -0.940. The molecular weight excluding hydrogens is 244 g/mol. The molecule has 0 radical (unpaired) electrons. The Morgan fingerprint density at radius 1 is 1.47 bits per heavy atom. The van der Waals surface area contributed by atoms with Gasteiger partial charge >= 0.3 is 0 Å². The minimum absolute atomic E-state index is 0.0189. The van der Waals surface area contributed by atoms with Crippen molar-refractivity contribution >= 4 is 0 Å². The molecule has 3 aliphatic rings. The van der Waals surface area contributed by atoms with Crippen LogP contribution in [0.3, 0.4) is 0 Å². The van der Waals surface area contributed by atoms with Crippen LogP contribution in [0.25, 0.3) is 0 Å². The van der Waals surface area contributed by atoms with Crippen LogP contribution in [-0.4, -0.2) is 45.8 Å². The molecule has 2 aliphatic carbocycles. The molecule has 1 heterocycles. The summed E-state index contributed by atoms with van der Waals surface area (Å²) in [6.07, 6.45) is 3.81. The molecule has 1 fully saturated rings. The molecule has 0 spiro atoms. The van der Waals surface area contributed by atoms with Crippen molar-refractivity contribution in [1.29, 1.82) is 0 Å². The number of rotatable bonds is 2. The molecule has 0 amide bonds. The third-order valence-corrected chi connectivity index (χ3v) is 5.26. The fourth-order valence-electron chi connectivity index (χ4n) is 3.64. The van der Waals surface area contributed by atoms with E-state index in [4.69, 9.17) is 4.74 Å². The van der Waals surface area contributed by atoms with Gasteiger partial charge in [-0.3, -0.25) is 0 Å². The smallest absolute Gasteiger partial charge is 0.148 e. The van der Waals surface area contributed by atoms with E-state index < -0.39 is 17.8 Å². The van der Waals surface area contributed by atoms with E-state index in [1.165, 1.54) is 0 Å². The standard InChI is InChI=1S/C15H20O4/c1-8(7-16)15-12(18)6-10-4-5-11(17)9(2)14(10,3)13(15)19-15/h4-6,9,11-13,16-18H,1,7H2,2-3H3/t9-,11+,12+,13+,14+,15-/m0/s1. The van der Waals surface area contributed by atoms with Crippen molar-refractivity contribution in [3.8, 4) is 0 Å². The average Bonchev–Trinajstić information content (AvgIpc) is 3.15. The highest BCUT2D eigenvalue weighted by atomic mass is 16.6. The lowest BCUT2D eigenvalue weighted by Gasteiger charge is -2.44. The summed E-state index contributed by atoms with van der Waals surface area (Å²) >= 11 is 0. The zero-order valence-corrected chi connectivity index (χ0v) is 11.2. The number of hydrogen-bond donors (Lipinski definition) is 3. The summed E-state index contributed by atoms with van der Waals surface area (Å²) in [5.74, 6) is -0.0189. The summed E-state index contributed by atoms with van der Waals surface area (Å²) in [6, 6.07) is 0. The van der Waals surface area contributed by atoms with Gasteiger partial charge in [0.2, 0.25) is 0 Å². The monoisotopic (exact) mass is 264 g/mol. The van der Waals surface area contributed by atoms with Crippen molar-refractivity contribution in [3.05, 3.63) is 36.0 Å². The Morgan fingerprint density at radius 3 is 2.79 bits per heavy atom. The lowest BCUT2D eigenvalue weighted by atomic mass is 9.58. The van der Waals surface area contributed by atoms with E-state index in [9.17, 15) is 15.3 Å². The van der Waals surface area contributed by atoms with E-state index in [-0.39, 0.29) is 24.0 Å². The van der Waals surface area contributed by atoms with Crippen LogP contribution in [0.2, 0.25) is 0 Å². The Morgan fingerprint density at radius 2 is 2.16 bits per heavy atom. The minimum Gasteiger partial charge on any atom is -0.392 e. The fraction of sp³-hybridized carbons (Fsp3) is 0.600. The van der Waals surface area contributed by atoms with Gasteiger partial charge < -0.3 is 20.1 Å². The van der Waals surface area contributed by atoms with Crippen LogP contribution in [0.5, 0.6) is 0 Å². The van der Waals surface area contributed by atoms with Crippen molar-refractivity contribution in [2.45, 2.75) is 37.8 Å². The first-order valence-corrected chi connectivity index (χ1v) is 6.62. The molecule has 3 N–H and O–H groups in total. The summed E-state index contributed by atoms with van der Waals surface area (Å²) in [5.41, 5.74) is 0.233.